The van der Waals surface area contributed by atoms with Crippen molar-refractivity contribution < 1.29 is 13.5 Å². The molecule has 0 radical (unpaired) electrons. The van der Waals surface area contributed by atoms with Crippen LogP contribution in [0.2, 0.25) is 0 Å². The normalized spacial score (nSPS) is 15.1. The zero-order valence-corrected chi connectivity index (χ0v) is 17.6. The average molecular weight is 417 g/mol. The highest BCUT2D eigenvalue weighted by molar-refractivity contribution is 7.71. The van der Waals surface area contributed by atoms with Gasteiger partial charge in [-0.1, -0.05) is 50.6 Å². The summed E-state index contributed by atoms with van der Waals surface area (Å²) in [5, 5.41) is 0. The van der Waals surface area contributed by atoms with Crippen molar-refractivity contribution in [3.63, 3.8) is 0 Å². The number of halogens is 2. The third-order valence-electron chi connectivity index (χ3n) is 4.97. The van der Waals surface area contributed by atoms with Gasteiger partial charge in [0, 0.05) is 29.9 Å². The molecule has 1 aliphatic heterocycles. The molecule has 4 rings (SSSR count). The second-order valence-corrected chi connectivity index (χ2v) is 7.48. The van der Waals surface area contributed by atoms with Gasteiger partial charge in [-0.05, 0) is 36.7 Å². The zero-order valence-electron chi connectivity index (χ0n) is 16.8. The molecule has 1 unspecified atom stereocenters. The van der Waals surface area contributed by atoms with Crippen LogP contribution < -0.4 is 4.74 Å². The summed E-state index contributed by atoms with van der Waals surface area (Å²) in [5.41, 5.74) is 3.05. The molecule has 1 aromatic heterocycles. The summed E-state index contributed by atoms with van der Waals surface area (Å²) in [7, 11) is 0. The molecule has 0 aliphatic carbocycles. The molecular formula is C23H26F2N2OS. The molecule has 3 nitrogen and oxygen atoms in total. The number of H-pyrrole nitrogens is 1. The minimum Gasteiger partial charge on any atom is -0.488 e. The van der Waals surface area contributed by atoms with Gasteiger partial charge >= 0.3 is 0 Å². The summed E-state index contributed by atoms with van der Waals surface area (Å²) in [6.07, 6.45) is 5.44. The Balaban J connectivity index is 0.000000252. The number of aromatic amines is 1. The maximum atomic E-state index is 13.7. The third kappa shape index (κ3) is 5.12. The van der Waals surface area contributed by atoms with Crippen molar-refractivity contribution in [2.24, 2.45) is 0 Å². The van der Waals surface area contributed by atoms with Gasteiger partial charge in [-0.3, -0.25) is 0 Å². The van der Waals surface area contributed by atoms with Crippen LogP contribution in [0.25, 0.3) is 0 Å². The highest BCUT2D eigenvalue weighted by atomic mass is 32.1. The predicted octanol–water partition coefficient (Wildman–Crippen LogP) is 6.20. The number of ether oxygens (including phenoxy) is 1. The van der Waals surface area contributed by atoms with E-state index in [0.717, 1.165) is 31.0 Å². The molecule has 6 heteroatoms. The molecule has 1 atom stereocenters. The molecule has 2 heterocycles. The number of hydrogen-bond donors (Lipinski definition) is 1. The molecule has 0 fully saturated rings. The lowest BCUT2D eigenvalue weighted by atomic mass is 10.0. The Bertz CT molecular complexity index is 998. The van der Waals surface area contributed by atoms with E-state index in [-0.39, 0.29) is 11.8 Å². The van der Waals surface area contributed by atoms with Crippen LogP contribution in [0.4, 0.5) is 8.78 Å². The maximum absolute atomic E-state index is 13.7. The first-order valence-electron chi connectivity index (χ1n) is 9.96. The Labute approximate surface area is 175 Å². The lowest BCUT2D eigenvalue weighted by Gasteiger charge is -2.28. The van der Waals surface area contributed by atoms with Crippen LogP contribution in [0.5, 0.6) is 5.75 Å². The van der Waals surface area contributed by atoms with Crippen molar-refractivity contribution in [2.75, 3.05) is 6.61 Å². The average Bonchev–Trinajstić information content (AvgIpc) is 3.09. The molecule has 0 bridgehead atoms. The molecule has 0 saturated carbocycles. The fourth-order valence-electron chi connectivity index (χ4n) is 3.56. The first kappa shape index (κ1) is 21.2. The van der Waals surface area contributed by atoms with Crippen LogP contribution >= 0.6 is 12.2 Å². The van der Waals surface area contributed by atoms with E-state index in [1.807, 2.05) is 16.8 Å². The first-order valence-corrected chi connectivity index (χ1v) is 10.4. The minimum absolute atomic E-state index is 0.0426. The lowest BCUT2D eigenvalue weighted by molar-refractivity contribution is 0.210. The van der Waals surface area contributed by atoms with Crippen molar-refractivity contribution in [1.29, 1.82) is 0 Å². The smallest absolute Gasteiger partial charge is 0.177 e. The number of nitrogens with zero attached hydrogens (tertiary/aromatic N) is 1. The fourth-order valence-corrected chi connectivity index (χ4v) is 3.89. The summed E-state index contributed by atoms with van der Waals surface area (Å²) in [6, 6.07) is 12.6. The van der Waals surface area contributed by atoms with Crippen LogP contribution in [0.3, 0.4) is 0 Å². The van der Waals surface area contributed by atoms with Crippen LogP contribution in [0.1, 0.15) is 43.1 Å². The largest absolute Gasteiger partial charge is 0.488 e. The van der Waals surface area contributed by atoms with Crippen LogP contribution in [0, 0.1) is 16.4 Å². The van der Waals surface area contributed by atoms with Crippen molar-refractivity contribution >= 4 is 12.2 Å². The van der Waals surface area contributed by atoms with Crippen LogP contribution in [-0.2, 0) is 19.3 Å². The summed E-state index contributed by atoms with van der Waals surface area (Å²) in [5.74, 6) is -1.07. The van der Waals surface area contributed by atoms with Crippen molar-refractivity contribution in [2.45, 2.75) is 45.6 Å². The van der Waals surface area contributed by atoms with Gasteiger partial charge in [-0.2, -0.15) is 0 Å². The van der Waals surface area contributed by atoms with Gasteiger partial charge in [0.25, 0.3) is 0 Å². The number of aryl methyl sites for hydroxylation is 2. The Morgan fingerprint density at radius 2 is 1.93 bits per heavy atom. The molecule has 1 aliphatic rings. The Morgan fingerprint density at radius 3 is 2.59 bits per heavy atom. The van der Waals surface area contributed by atoms with Crippen LogP contribution in [-0.4, -0.2) is 16.2 Å². The monoisotopic (exact) mass is 416 g/mol. The Kier molecular flexibility index (Phi) is 7.20. The quantitative estimate of drug-likeness (QED) is 0.513. The van der Waals surface area contributed by atoms with Crippen LogP contribution in [0.15, 0.2) is 48.7 Å². The molecule has 1 N–H and O–H groups in total. The van der Waals surface area contributed by atoms with E-state index in [9.17, 15) is 8.78 Å². The number of aromatic nitrogens is 2. The number of rotatable bonds is 4. The second-order valence-electron chi connectivity index (χ2n) is 7.09. The standard InChI is InChI=1S/C15H16F2N2OS.C8H10/c1-2-3-11-7-18-15(21)19(11)12-5-9-4-10(16)6-13(17)14(9)20-8-12;1-2-8-6-4-3-5-7-8/h4,6-7,12H,2-3,5,8H2,1H3,(H,18,21);3-7H,2H2,1H3. The number of imidazole rings is 1. The van der Waals surface area contributed by atoms with Gasteiger partial charge in [0.15, 0.2) is 16.3 Å². The fraction of sp³-hybridized carbons (Fsp3) is 0.348. The van der Waals surface area contributed by atoms with Crippen molar-refractivity contribution in [3.8, 4) is 5.75 Å². The van der Waals surface area contributed by atoms with Gasteiger partial charge in [0.2, 0.25) is 0 Å². The van der Waals surface area contributed by atoms with Gasteiger partial charge in [0.05, 0.1) is 6.04 Å². The Hall–Kier alpha value is -2.47. The van der Waals surface area contributed by atoms with E-state index < -0.39 is 11.6 Å². The molecule has 154 valence electrons. The van der Waals surface area contributed by atoms with E-state index in [4.69, 9.17) is 17.0 Å². The van der Waals surface area contributed by atoms with Gasteiger partial charge in [-0.25, -0.2) is 8.78 Å². The predicted molar refractivity (Wildman–Crippen MR) is 114 cm³/mol. The van der Waals surface area contributed by atoms with E-state index in [0.29, 0.717) is 23.4 Å². The van der Waals surface area contributed by atoms with E-state index in [1.54, 1.807) is 0 Å². The number of hydrogen-bond acceptors (Lipinski definition) is 2. The molecule has 0 amide bonds. The molecule has 3 aromatic rings. The second kappa shape index (κ2) is 9.83. The molecule has 0 spiro atoms. The minimum atomic E-state index is -0.644. The van der Waals surface area contributed by atoms with Gasteiger partial charge < -0.3 is 14.3 Å². The molecular weight excluding hydrogens is 390 g/mol. The topological polar surface area (TPSA) is 29.9 Å². The molecule has 0 saturated heterocycles. The zero-order chi connectivity index (χ0) is 20.8. The summed E-state index contributed by atoms with van der Waals surface area (Å²) < 4.78 is 35.2. The molecule has 29 heavy (non-hydrogen) atoms. The summed E-state index contributed by atoms with van der Waals surface area (Å²) >= 11 is 5.32. The van der Waals surface area contributed by atoms with Crippen molar-refractivity contribution in [1.82, 2.24) is 9.55 Å². The maximum Gasteiger partial charge on any atom is 0.177 e. The van der Waals surface area contributed by atoms with Gasteiger partial charge in [0.1, 0.15) is 12.4 Å². The van der Waals surface area contributed by atoms with E-state index >= 15 is 0 Å². The lowest BCUT2D eigenvalue weighted by Crippen LogP contribution is -2.26. The SMILES string of the molecule is CCCc1c[nH]c(=S)n1C1COc2c(F)cc(F)cc2C1.CCc1ccccc1. The number of fused-ring (bicyclic) bond motifs is 1. The number of nitrogens with one attached hydrogen (secondary N) is 1. The van der Waals surface area contributed by atoms with E-state index in [1.165, 1.54) is 11.6 Å². The van der Waals surface area contributed by atoms with Gasteiger partial charge in [-0.15, -0.1) is 0 Å². The third-order valence-corrected chi connectivity index (χ3v) is 5.29. The highest BCUT2D eigenvalue weighted by Crippen LogP contribution is 2.33. The number of benzene rings is 2. The summed E-state index contributed by atoms with van der Waals surface area (Å²) in [4.78, 5) is 3.04. The molecule has 2 aromatic carbocycles. The van der Waals surface area contributed by atoms with Crippen molar-refractivity contribution in [3.05, 3.63) is 81.9 Å². The van der Waals surface area contributed by atoms with E-state index in [2.05, 4.69) is 43.1 Å². The highest BCUT2D eigenvalue weighted by Gasteiger charge is 2.26. The Morgan fingerprint density at radius 1 is 1.17 bits per heavy atom. The summed E-state index contributed by atoms with van der Waals surface area (Å²) in [6.45, 7) is 4.59. The first-order chi connectivity index (χ1) is 14.0.